The molecule has 0 radical (unpaired) electrons. The maximum Gasteiger partial charge on any atom is 0.387 e. The topological polar surface area (TPSA) is 72.0 Å². The normalized spacial score (nSPS) is 10.9. The maximum absolute atomic E-state index is 12.4. The monoisotopic (exact) mass is 485 g/mol. The Bertz CT molecular complexity index is 560. The van der Waals surface area contributed by atoms with Crippen LogP contribution in [0.1, 0.15) is 31.7 Å². The molecule has 0 aliphatic carbocycles. The molecule has 0 aliphatic heterocycles. The fourth-order valence-corrected chi connectivity index (χ4v) is 2.05. The van der Waals surface area contributed by atoms with Crippen LogP contribution in [0.15, 0.2) is 29.3 Å². The SMILES string of the molecule is CCNC(=NCc1ccccc1OC(F)F)NCCCCC(=O)OC.I. The van der Waals surface area contributed by atoms with Crippen molar-refractivity contribution < 1.29 is 23.0 Å². The van der Waals surface area contributed by atoms with Crippen LogP contribution in [0.3, 0.4) is 0 Å². The highest BCUT2D eigenvalue weighted by molar-refractivity contribution is 14.0. The van der Waals surface area contributed by atoms with E-state index in [1.165, 1.54) is 13.2 Å². The number of esters is 1. The number of methoxy groups -OCH3 is 1. The van der Waals surface area contributed by atoms with Gasteiger partial charge in [0.25, 0.3) is 0 Å². The van der Waals surface area contributed by atoms with Gasteiger partial charge in [0.15, 0.2) is 5.96 Å². The fourth-order valence-electron chi connectivity index (χ4n) is 2.05. The molecule has 2 N–H and O–H groups in total. The minimum Gasteiger partial charge on any atom is -0.469 e. The van der Waals surface area contributed by atoms with Crippen LogP contribution in [0.25, 0.3) is 0 Å². The lowest BCUT2D eigenvalue weighted by molar-refractivity contribution is -0.140. The number of aliphatic imine (C=N–C) groups is 1. The quantitative estimate of drug-likeness (QED) is 0.175. The van der Waals surface area contributed by atoms with E-state index in [2.05, 4.69) is 25.1 Å². The molecule has 0 amide bonds. The zero-order valence-corrected chi connectivity index (χ0v) is 17.3. The molecule has 148 valence electrons. The van der Waals surface area contributed by atoms with Crippen molar-refractivity contribution in [3.63, 3.8) is 0 Å². The first-order valence-electron chi connectivity index (χ1n) is 8.18. The molecule has 0 saturated heterocycles. The number of benzene rings is 1. The van der Waals surface area contributed by atoms with Crippen LogP contribution in [0.2, 0.25) is 0 Å². The Balaban J connectivity index is 0.00000625. The van der Waals surface area contributed by atoms with Crippen LogP contribution in [-0.2, 0) is 16.1 Å². The summed E-state index contributed by atoms with van der Waals surface area (Å²) in [6.07, 6.45) is 1.87. The van der Waals surface area contributed by atoms with E-state index in [1.807, 2.05) is 6.92 Å². The van der Waals surface area contributed by atoms with Crippen LogP contribution < -0.4 is 15.4 Å². The summed E-state index contributed by atoms with van der Waals surface area (Å²) >= 11 is 0. The Hall–Kier alpha value is -1.65. The lowest BCUT2D eigenvalue weighted by Gasteiger charge is -2.12. The number of ether oxygens (including phenoxy) is 2. The van der Waals surface area contributed by atoms with E-state index >= 15 is 0 Å². The van der Waals surface area contributed by atoms with Crippen molar-refractivity contribution in [1.82, 2.24) is 10.6 Å². The van der Waals surface area contributed by atoms with Crippen LogP contribution in [0, 0.1) is 0 Å². The van der Waals surface area contributed by atoms with E-state index in [1.54, 1.807) is 18.2 Å². The Morgan fingerprint density at radius 3 is 2.62 bits per heavy atom. The molecule has 0 fully saturated rings. The van der Waals surface area contributed by atoms with E-state index in [-0.39, 0.29) is 42.2 Å². The highest BCUT2D eigenvalue weighted by atomic mass is 127. The number of halogens is 3. The average Bonchev–Trinajstić information content (AvgIpc) is 2.59. The third-order valence-electron chi connectivity index (χ3n) is 3.27. The number of guanidine groups is 1. The van der Waals surface area contributed by atoms with Crippen molar-refractivity contribution in [1.29, 1.82) is 0 Å². The van der Waals surface area contributed by atoms with E-state index in [0.29, 0.717) is 37.5 Å². The van der Waals surface area contributed by atoms with Gasteiger partial charge in [-0.05, 0) is 25.8 Å². The molecular weight excluding hydrogens is 459 g/mol. The molecule has 0 heterocycles. The molecule has 0 saturated carbocycles. The van der Waals surface area contributed by atoms with Crippen molar-refractivity contribution in [3.05, 3.63) is 29.8 Å². The summed E-state index contributed by atoms with van der Waals surface area (Å²) in [5.41, 5.74) is 0.575. The second-order valence-corrected chi connectivity index (χ2v) is 5.14. The first kappa shape index (κ1) is 24.4. The van der Waals surface area contributed by atoms with Gasteiger partial charge < -0.3 is 20.1 Å². The van der Waals surface area contributed by atoms with E-state index in [9.17, 15) is 13.6 Å². The highest BCUT2D eigenvalue weighted by Crippen LogP contribution is 2.20. The predicted octanol–water partition coefficient (Wildman–Crippen LogP) is 3.30. The van der Waals surface area contributed by atoms with Crippen molar-refractivity contribution in [2.24, 2.45) is 4.99 Å². The Morgan fingerprint density at radius 1 is 1.23 bits per heavy atom. The second-order valence-electron chi connectivity index (χ2n) is 5.14. The molecule has 1 rings (SSSR count). The summed E-state index contributed by atoms with van der Waals surface area (Å²) in [6, 6.07) is 6.57. The van der Waals surface area contributed by atoms with Gasteiger partial charge in [0.2, 0.25) is 0 Å². The molecule has 1 aromatic rings. The number of hydrogen-bond donors (Lipinski definition) is 2. The van der Waals surface area contributed by atoms with Crippen molar-refractivity contribution in [2.45, 2.75) is 39.3 Å². The Morgan fingerprint density at radius 2 is 1.96 bits per heavy atom. The van der Waals surface area contributed by atoms with E-state index in [0.717, 1.165) is 6.42 Å². The number of rotatable bonds is 10. The van der Waals surface area contributed by atoms with Crippen LogP contribution >= 0.6 is 24.0 Å². The number of hydrogen-bond acceptors (Lipinski definition) is 4. The molecule has 0 spiro atoms. The fraction of sp³-hybridized carbons (Fsp3) is 0.529. The number of nitrogens with one attached hydrogen (secondary N) is 2. The lowest BCUT2D eigenvalue weighted by Crippen LogP contribution is -2.37. The standard InChI is InChI=1S/C17H25F2N3O3.HI/c1-3-20-17(21-11-7-6-10-15(23)24-2)22-12-13-8-4-5-9-14(13)25-16(18)19;/h4-5,8-9,16H,3,6-7,10-12H2,1-2H3,(H2,20,21,22);1H. The average molecular weight is 485 g/mol. The summed E-state index contributed by atoms with van der Waals surface area (Å²) in [4.78, 5) is 15.4. The van der Waals surface area contributed by atoms with Crippen molar-refractivity contribution in [2.75, 3.05) is 20.2 Å². The molecule has 9 heteroatoms. The van der Waals surface area contributed by atoms with E-state index in [4.69, 9.17) is 0 Å². The van der Waals surface area contributed by atoms with Crippen LogP contribution in [-0.4, -0.2) is 38.7 Å². The summed E-state index contributed by atoms with van der Waals surface area (Å²) in [5.74, 6) is 0.471. The van der Waals surface area contributed by atoms with Gasteiger partial charge in [-0.3, -0.25) is 4.79 Å². The molecule has 0 atom stereocenters. The van der Waals surface area contributed by atoms with Gasteiger partial charge in [-0.2, -0.15) is 8.78 Å². The van der Waals surface area contributed by atoms with Gasteiger partial charge >= 0.3 is 12.6 Å². The highest BCUT2D eigenvalue weighted by Gasteiger charge is 2.09. The smallest absolute Gasteiger partial charge is 0.387 e. The van der Waals surface area contributed by atoms with Gasteiger partial charge in [-0.1, -0.05) is 18.2 Å². The number of unbranched alkanes of at least 4 members (excludes halogenated alkanes) is 1. The summed E-state index contributed by atoms with van der Waals surface area (Å²) < 4.78 is 33.9. The zero-order chi connectivity index (χ0) is 18.5. The van der Waals surface area contributed by atoms with E-state index < -0.39 is 6.61 Å². The molecule has 0 aromatic heterocycles. The summed E-state index contributed by atoms with van der Waals surface area (Å²) in [6.45, 7) is 0.579. The summed E-state index contributed by atoms with van der Waals surface area (Å²) in [5, 5.41) is 6.22. The molecule has 26 heavy (non-hydrogen) atoms. The van der Waals surface area contributed by atoms with Crippen molar-refractivity contribution >= 4 is 35.9 Å². The minimum atomic E-state index is -2.87. The predicted molar refractivity (Wildman–Crippen MR) is 107 cm³/mol. The maximum atomic E-state index is 12.4. The molecular formula is C17H26F2IN3O3. The third-order valence-corrected chi connectivity index (χ3v) is 3.27. The first-order chi connectivity index (χ1) is 12.1. The largest absolute Gasteiger partial charge is 0.469 e. The van der Waals surface area contributed by atoms with Gasteiger partial charge in [0.05, 0.1) is 13.7 Å². The van der Waals surface area contributed by atoms with Gasteiger partial charge in [-0.15, -0.1) is 24.0 Å². The molecule has 6 nitrogen and oxygen atoms in total. The van der Waals surface area contributed by atoms with Crippen LogP contribution in [0.5, 0.6) is 5.75 Å². The number of carbonyl (C=O) groups is 1. The Labute approximate surface area is 169 Å². The van der Waals surface area contributed by atoms with Crippen LogP contribution in [0.4, 0.5) is 8.78 Å². The number of alkyl halides is 2. The molecule has 0 aliphatic rings. The number of nitrogens with zero attached hydrogens (tertiary/aromatic N) is 1. The molecule has 1 aromatic carbocycles. The van der Waals surface area contributed by atoms with Gasteiger partial charge in [0.1, 0.15) is 5.75 Å². The van der Waals surface area contributed by atoms with Gasteiger partial charge in [-0.25, -0.2) is 4.99 Å². The second kappa shape index (κ2) is 14.5. The summed E-state index contributed by atoms with van der Waals surface area (Å²) in [7, 11) is 1.37. The molecule has 0 unspecified atom stereocenters. The minimum absolute atomic E-state index is 0. The van der Waals surface area contributed by atoms with Gasteiger partial charge in [0, 0.05) is 25.1 Å². The zero-order valence-electron chi connectivity index (χ0n) is 15.0. The van der Waals surface area contributed by atoms with Crippen molar-refractivity contribution in [3.8, 4) is 5.75 Å². The first-order valence-corrected chi connectivity index (χ1v) is 8.18. The number of carbonyl (C=O) groups excluding carboxylic acids is 1. The Kier molecular flexibility index (Phi) is 13.6. The lowest BCUT2D eigenvalue weighted by atomic mass is 10.2. The number of para-hydroxylation sites is 1. The third kappa shape index (κ3) is 10.4. The molecule has 0 bridgehead atoms.